The number of hydrogen-bond donors (Lipinski definition) is 3. The molecule has 4 nitrogen and oxygen atoms in total. The number of carboxylic acid groups (broad SMARTS) is 1. The van der Waals surface area contributed by atoms with Gasteiger partial charge in [-0.15, -0.1) is 0 Å². The predicted octanol–water partition coefficient (Wildman–Crippen LogP) is 1.38. The highest BCUT2D eigenvalue weighted by atomic mass is 16.4. The maximum atomic E-state index is 10.2. The number of rotatable bonds is 1. The first kappa shape index (κ1) is 16.1. The first-order valence-corrected chi connectivity index (χ1v) is 4.64. The van der Waals surface area contributed by atoms with Crippen LogP contribution >= 0.6 is 0 Å². The minimum atomic E-state index is -0.879. The van der Waals surface area contributed by atoms with Crippen LogP contribution in [-0.4, -0.2) is 34.5 Å². The molecule has 0 aliphatic rings. The lowest BCUT2D eigenvalue weighted by Gasteiger charge is -1.88. The number of aliphatic hydroxyl groups excluding tert-OH is 2. The van der Waals surface area contributed by atoms with Crippen LogP contribution in [0, 0.1) is 0 Å². The molecule has 0 aliphatic carbocycles. The van der Waals surface area contributed by atoms with E-state index in [0.717, 1.165) is 0 Å². The summed E-state index contributed by atoms with van der Waals surface area (Å²) in [6.07, 6.45) is 0. The molecule has 3 N–H and O–H groups in total. The Balaban J connectivity index is 0. The third-order valence-corrected chi connectivity index (χ3v) is 1.02. The Kier molecular flexibility index (Phi) is 13.5. The van der Waals surface area contributed by atoms with Gasteiger partial charge in [-0.2, -0.15) is 0 Å². The van der Waals surface area contributed by atoms with E-state index in [9.17, 15) is 4.79 Å². The van der Waals surface area contributed by atoms with Crippen LogP contribution in [0.1, 0.15) is 24.2 Å². The third kappa shape index (κ3) is 12.6. The standard InChI is InChI=1S/C7H6O2.2C2H6O/c8-7(9)6-4-2-1-3-5-6;2*1-2-3/h1-5H,(H,8,9);2*3H,2H2,1H3. The van der Waals surface area contributed by atoms with Gasteiger partial charge in [0, 0.05) is 13.2 Å². The molecule has 1 aromatic rings. The Bertz CT molecular complexity index is 232. The van der Waals surface area contributed by atoms with Crippen molar-refractivity contribution in [2.24, 2.45) is 0 Å². The van der Waals surface area contributed by atoms with Gasteiger partial charge in [0.2, 0.25) is 0 Å². The molecule has 0 heterocycles. The molecular weight excluding hydrogens is 196 g/mol. The third-order valence-electron chi connectivity index (χ3n) is 1.02. The first-order valence-electron chi connectivity index (χ1n) is 4.64. The molecule has 4 heteroatoms. The van der Waals surface area contributed by atoms with Crippen LogP contribution < -0.4 is 0 Å². The number of aliphatic hydroxyl groups is 2. The topological polar surface area (TPSA) is 77.8 Å². The minimum absolute atomic E-state index is 0.250. The fraction of sp³-hybridized carbons (Fsp3) is 0.364. The van der Waals surface area contributed by atoms with Gasteiger partial charge in [0.1, 0.15) is 0 Å². The highest BCUT2D eigenvalue weighted by molar-refractivity contribution is 5.87. The van der Waals surface area contributed by atoms with E-state index in [0.29, 0.717) is 5.56 Å². The number of aromatic carboxylic acids is 1. The molecule has 1 rings (SSSR count). The van der Waals surface area contributed by atoms with E-state index >= 15 is 0 Å². The monoisotopic (exact) mass is 214 g/mol. The van der Waals surface area contributed by atoms with Gasteiger partial charge in [0.05, 0.1) is 5.56 Å². The van der Waals surface area contributed by atoms with Crippen molar-refractivity contribution in [1.82, 2.24) is 0 Å². The van der Waals surface area contributed by atoms with Crippen molar-refractivity contribution in [3.8, 4) is 0 Å². The molecule has 0 aromatic heterocycles. The molecule has 0 fully saturated rings. The quantitative estimate of drug-likeness (QED) is 0.660. The summed E-state index contributed by atoms with van der Waals surface area (Å²) in [4.78, 5) is 10.2. The summed E-state index contributed by atoms with van der Waals surface area (Å²) in [7, 11) is 0. The van der Waals surface area contributed by atoms with Crippen LogP contribution in [0.5, 0.6) is 0 Å². The van der Waals surface area contributed by atoms with Crippen molar-refractivity contribution in [2.45, 2.75) is 13.8 Å². The highest BCUT2D eigenvalue weighted by Gasteiger charge is 1.96. The van der Waals surface area contributed by atoms with E-state index in [4.69, 9.17) is 15.3 Å². The van der Waals surface area contributed by atoms with Crippen LogP contribution in [0.3, 0.4) is 0 Å². The lowest BCUT2D eigenvalue weighted by molar-refractivity contribution is 0.0697. The summed E-state index contributed by atoms with van der Waals surface area (Å²) in [6, 6.07) is 8.30. The van der Waals surface area contributed by atoms with E-state index < -0.39 is 5.97 Å². The van der Waals surface area contributed by atoms with Crippen molar-refractivity contribution >= 4 is 5.97 Å². The predicted molar refractivity (Wildman–Crippen MR) is 58.9 cm³/mol. The molecule has 0 saturated heterocycles. The van der Waals surface area contributed by atoms with Crippen molar-refractivity contribution < 1.29 is 20.1 Å². The largest absolute Gasteiger partial charge is 0.478 e. The second kappa shape index (κ2) is 12.6. The summed E-state index contributed by atoms with van der Waals surface area (Å²) in [6.45, 7) is 3.86. The molecule has 0 unspecified atom stereocenters. The molecule has 0 radical (unpaired) electrons. The fourth-order valence-electron chi connectivity index (χ4n) is 0.581. The number of carboxylic acids is 1. The van der Waals surface area contributed by atoms with Gasteiger partial charge in [0.15, 0.2) is 0 Å². The van der Waals surface area contributed by atoms with E-state index in [2.05, 4.69) is 0 Å². The van der Waals surface area contributed by atoms with Crippen LogP contribution in [0.4, 0.5) is 0 Å². The van der Waals surface area contributed by atoms with Crippen LogP contribution in [-0.2, 0) is 0 Å². The molecule has 0 saturated carbocycles. The van der Waals surface area contributed by atoms with Crippen LogP contribution in [0.15, 0.2) is 30.3 Å². The molecule has 0 atom stereocenters. The lowest BCUT2D eigenvalue weighted by Crippen LogP contribution is -1.93. The molecular formula is C11H18O4. The lowest BCUT2D eigenvalue weighted by atomic mass is 10.2. The maximum absolute atomic E-state index is 10.2. The molecule has 0 aliphatic heterocycles. The van der Waals surface area contributed by atoms with Gasteiger partial charge in [0.25, 0.3) is 0 Å². The van der Waals surface area contributed by atoms with Crippen molar-refractivity contribution in [2.75, 3.05) is 13.2 Å². The minimum Gasteiger partial charge on any atom is -0.478 e. The fourth-order valence-corrected chi connectivity index (χ4v) is 0.581. The van der Waals surface area contributed by atoms with E-state index in [1.165, 1.54) is 0 Å². The average molecular weight is 214 g/mol. The van der Waals surface area contributed by atoms with Gasteiger partial charge >= 0.3 is 5.97 Å². The highest BCUT2D eigenvalue weighted by Crippen LogP contribution is 1.96. The van der Waals surface area contributed by atoms with Gasteiger partial charge in [-0.25, -0.2) is 4.79 Å². The summed E-state index contributed by atoms with van der Waals surface area (Å²) in [5, 5.41) is 23.5. The Hall–Kier alpha value is -1.39. The molecule has 0 spiro atoms. The summed E-state index contributed by atoms with van der Waals surface area (Å²) < 4.78 is 0. The first-order chi connectivity index (χ1) is 7.13. The van der Waals surface area contributed by atoms with Gasteiger partial charge in [-0.1, -0.05) is 18.2 Å². The van der Waals surface area contributed by atoms with Gasteiger partial charge in [-0.05, 0) is 26.0 Å². The maximum Gasteiger partial charge on any atom is 0.335 e. The number of benzene rings is 1. The normalized spacial score (nSPS) is 7.73. The average Bonchev–Trinajstić information content (AvgIpc) is 2.21. The smallest absolute Gasteiger partial charge is 0.335 e. The summed E-state index contributed by atoms with van der Waals surface area (Å²) in [5.41, 5.74) is 0.331. The zero-order valence-electron chi connectivity index (χ0n) is 9.05. The number of hydrogen-bond acceptors (Lipinski definition) is 3. The molecule has 86 valence electrons. The van der Waals surface area contributed by atoms with Crippen molar-refractivity contribution in [1.29, 1.82) is 0 Å². The van der Waals surface area contributed by atoms with E-state index in [1.54, 1.807) is 44.2 Å². The second-order valence-electron chi connectivity index (χ2n) is 2.30. The molecule has 1 aromatic carbocycles. The Morgan fingerprint density at radius 1 is 1.07 bits per heavy atom. The SMILES string of the molecule is CCO.CCO.O=C(O)c1ccccc1. The van der Waals surface area contributed by atoms with E-state index in [-0.39, 0.29) is 13.2 Å². The van der Waals surface area contributed by atoms with Gasteiger partial charge < -0.3 is 15.3 Å². The zero-order chi connectivity index (χ0) is 12.1. The molecule has 0 bridgehead atoms. The van der Waals surface area contributed by atoms with Crippen LogP contribution in [0.25, 0.3) is 0 Å². The zero-order valence-corrected chi connectivity index (χ0v) is 9.05. The van der Waals surface area contributed by atoms with Crippen molar-refractivity contribution in [3.63, 3.8) is 0 Å². The van der Waals surface area contributed by atoms with E-state index in [1.807, 2.05) is 0 Å². The Labute approximate surface area is 89.8 Å². The van der Waals surface area contributed by atoms with Crippen molar-refractivity contribution in [3.05, 3.63) is 35.9 Å². The molecule has 15 heavy (non-hydrogen) atoms. The summed E-state index contributed by atoms with van der Waals surface area (Å²) in [5.74, 6) is -0.879. The second-order valence-corrected chi connectivity index (χ2v) is 2.30. The number of carbonyl (C=O) groups is 1. The Morgan fingerprint density at radius 2 is 1.40 bits per heavy atom. The Morgan fingerprint density at radius 3 is 1.60 bits per heavy atom. The molecule has 0 amide bonds. The summed E-state index contributed by atoms with van der Waals surface area (Å²) >= 11 is 0. The van der Waals surface area contributed by atoms with Gasteiger partial charge in [-0.3, -0.25) is 0 Å². The van der Waals surface area contributed by atoms with Crippen LogP contribution in [0.2, 0.25) is 0 Å².